The Kier molecular flexibility index (Phi) is 15.5. The number of rotatable bonds is 11. The molecular formula is C32H43ClN4O9. The third-order valence-electron chi connectivity index (χ3n) is 7.84. The van der Waals surface area contributed by atoms with Crippen LogP contribution in [0.3, 0.4) is 0 Å². The first-order valence-electron chi connectivity index (χ1n) is 14.1. The number of nitrogens with two attached hydrogens (primary N) is 2. The number of benzene rings is 2. The minimum Gasteiger partial charge on any atom is -1.00 e. The Morgan fingerprint density at radius 3 is 1.59 bits per heavy atom. The summed E-state index contributed by atoms with van der Waals surface area (Å²) in [7, 11) is 0. The minimum atomic E-state index is -1.45. The highest BCUT2D eigenvalue weighted by atomic mass is 35.5. The van der Waals surface area contributed by atoms with Gasteiger partial charge in [-0.2, -0.15) is 0 Å². The number of aryl methyl sites for hydroxylation is 4. The van der Waals surface area contributed by atoms with Gasteiger partial charge in [0.25, 0.3) is 5.91 Å². The maximum Gasteiger partial charge on any atom is 0.365 e. The summed E-state index contributed by atoms with van der Waals surface area (Å²) in [5, 5.41) is 18.1. The zero-order valence-corrected chi connectivity index (χ0v) is 27.7. The van der Waals surface area contributed by atoms with Crippen LogP contribution >= 0.6 is 0 Å². The van der Waals surface area contributed by atoms with Crippen LogP contribution in [0.1, 0.15) is 98.4 Å². The van der Waals surface area contributed by atoms with Crippen LogP contribution in [0.15, 0.2) is 24.3 Å². The number of amides is 3. The van der Waals surface area contributed by atoms with Gasteiger partial charge in [-0.3, -0.25) is 24.0 Å². The van der Waals surface area contributed by atoms with Crippen molar-refractivity contribution in [2.24, 2.45) is 11.5 Å². The molecule has 0 fully saturated rings. The standard InChI is InChI=1S/C16H20N2O4.C10H10O2.C6H12N2O3.ClH/c1-9-4-5-10(2)13-11(9)8-18(14(13)20)16(3,15(21)22)7-6-12(17)19;1-7-3-4-8(2)10(6-12)9(7)5-11;1-6(8,5(10)11)3-2-4(7)9;/h4-5H,6-8H2,1-3H3,(H2,17,19)(H,21,22);3-6H,1-2H3;2-3,8H2,1H3,(H2,7,9)(H,10,11);1H. The van der Waals surface area contributed by atoms with Gasteiger partial charge in [-0.05, 0) is 68.9 Å². The number of quaternary nitrogens is 1. The van der Waals surface area contributed by atoms with Gasteiger partial charge >= 0.3 is 11.9 Å². The summed E-state index contributed by atoms with van der Waals surface area (Å²) in [5.41, 5.74) is 16.8. The first-order valence-corrected chi connectivity index (χ1v) is 14.1. The summed E-state index contributed by atoms with van der Waals surface area (Å²) in [6.07, 6.45) is 1.61. The van der Waals surface area contributed by atoms with Gasteiger partial charge in [-0.1, -0.05) is 24.3 Å². The molecule has 14 heteroatoms. The van der Waals surface area contributed by atoms with E-state index in [0.29, 0.717) is 16.7 Å². The van der Waals surface area contributed by atoms with Crippen molar-refractivity contribution in [2.45, 2.75) is 84.8 Å². The Labute approximate surface area is 273 Å². The Balaban J connectivity index is 0.000000719. The van der Waals surface area contributed by atoms with Crippen LogP contribution in [0, 0.1) is 27.7 Å². The van der Waals surface area contributed by atoms with Crippen molar-refractivity contribution >= 4 is 42.2 Å². The maximum atomic E-state index is 12.7. The van der Waals surface area contributed by atoms with Crippen LogP contribution in [0.2, 0.25) is 0 Å². The average molecular weight is 663 g/mol. The number of hydrogen-bond donors (Lipinski definition) is 5. The van der Waals surface area contributed by atoms with E-state index in [9.17, 15) is 38.7 Å². The van der Waals surface area contributed by atoms with E-state index in [-0.39, 0.29) is 50.5 Å². The van der Waals surface area contributed by atoms with Crippen molar-refractivity contribution < 1.29 is 61.9 Å². The number of hydrogen-bond acceptors (Lipinski definition) is 7. The number of carbonyl (C=O) groups excluding carboxylic acids is 5. The fraction of sp³-hybridized carbons (Fsp3) is 0.406. The van der Waals surface area contributed by atoms with Crippen molar-refractivity contribution in [1.29, 1.82) is 0 Å². The molecule has 3 amide bonds. The van der Waals surface area contributed by atoms with Crippen molar-refractivity contribution in [2.75, 3.05) is 0 Å². The second-order valence-electron chi connectivity index (χ2n) is 11.6. The number of carbonyl (C=O) groups is 7. The van der Waals surface area contributed by atoms with E-state index in [1.807, 2.05) is 52.0 Å². The summed E-state index contributed by atoms with van der Waals surface area (Å²) in [5.74, 6) is -3.53. The second-order valence-corrected chi connectivity index (χ2v) is 11.6. The lowest BCUT2D eigenvalue weighted by Crippen LogP contribution is -3.00. The normalized spacial score (nSPS) is 14.0. The van der Waals surface area contributed by atoms with Crippen LogP contribution < -0.4 is 29.6 Å². The van der Waals surface area contributed by atoms with E-state index < -0.39 is 34.8 Å². The Bertz CT molecular complexity index is 1470. The molecule has 2 atom stereocenters. The number of nitrogens with zero attached hydrogens (tertiary/aromatic N) is 1. The van der Waals surface area contributed by atoms with Gasteiger partial charge in [-0.15, -0.1) is 0 Å². The monoisotopic (exact) mass is 662 g/mol. The number of aliphatic carboxylic acids is 2. The molecule has 1 heterocycles. The van der Waals surface area contributed by atoms with Crippen LogP contribution in [0.4, 0.5) is 0 Å². The molecule has 13 nitrogen and oxygen atoms in total. The van der Waals surface area contributed by atoms with Gasteiger partial charge in [-0.25, -0.2) is 9.59 Å². The molecule has 1 aliphatic heterocycles. The number of halogens is 1. The average Bonchev–Trinajstić information content (AvgIpc) is 3.33. The van der Waals surface area contributed by atoms with Crippen LogP contribution in [-0.4, -0.2) is 68.4 Å². The van der Waals surface area contributed by atoms with Crippen LogP contribution in [0.5, 0.6) is 0 Å². The molecule has 0 spiro atoms. The fourth-order valence-electron chi connectivity index (χ4n) is 4.53. The lowest BCUT2D eigenvalue weighted by Gasteiger charge is -2.34. The molecule has 0 aromatic heterocycles. The fourth-order valence-corrected chi connectivity index (χ4v) is 4.53. The number of fused-ring (bicyclic) bond motifs is 1. The van der Waals surface area contributed by atoms with Crippen molar-refractivity contribution in [3.8, 4) is 0 Å². The molecule has 9 N–H and O–H groups in total. The molecule has 0 radical (unpaired) electrons. The molecule has 3 rings (SSSR count). The molecule has 2 aromatic carbocycles. The predicted molar refractivity (Wildman–Crippen MR) is 164 cm³/mol. The van der Waals surface area contributed by atoms with Gasteiger partial charge < -0.3 is 44.7 Å². The third-order valence-corrected chi connectivity index (χ3v) is 7.84. The molecule has 0 saturated heterocycles. The van der Waals surface area contributed by atoms with Crippen molar-refractivity contribution in [3.63, 3.8) is 0 Å². The van der Waals surface area contributed by atoms with Crippen LogP contribution in [-0.2, 0) is 25.7 Å². The highest BCUT2D eigenvalue weighted by molar-refractivity contribution is 6.03. The third kappa shape index (κ3) is 10.2. The first-order chi connectivity index (χ1) is 20.7. The van der Waals surface area contributed by atoms with Gasteiger partial charge in [0.2, 0.25) is 11.8 Å². The predicted octanol–water partition coefficient (Wildman–Crippen LogP) is -1.36. The second kappa shape index (κ2) is 17.2. The number of carboxylic acids is 2. The molecule has 46 heavy (non-hydrogen) atoms. The highest BCUT2D eigenvalue weighted by Gasteiger charge is 2.46. The van der Waals surface area contributed by atoms with Crippen LogP contribution in [0.25, 0.3) is 0 Å². The summed E-state index contributed by atoms with van der Waals surface area (Å²) >= 11 is 0. The molecule has 1 aliphatic rings. The summed E-state index contributed by atoms with van der Waals surface area (Å²) in [4.78, 5) is 78.7. The molecule has 252 valence electrons. The molecule has 0 bridgehead atoms. The lowest BCUT2D eigenvalue weighted by atomic mass is 9.93. The molecule has 0 aliphatic carbocycles. The molecule has 2 unspecified atom stereocenters. The molecule has 0 saturated carbocycles. The van der Waals surface area contributed by atoms with E-state index in [1.165, 1.54) is 18.7 Å². The van der Waals surface area contributed by atoms with E-state index in [2.05, 4.69) is 5.73 Å². The van der Waals surface area contributed by atoms with Gasteiger partial charge in [0.1, 0.15) is 5.54 Å². The zero-order valence-electron chi connectivity index (χ0n) is 26.9. The van der Waals surface area contributed by atoms with E-state index in [1.54, 1.807) is 0 Å². The molecular weight excluding hydrogens is 620 g/mol. The largest absolute Gasteiger partial charge is 1.00 e. The first kappa shape index (κ1) is 41.4. The number of primary amides is 2. The summed E-state index contributed by atoms with van der Waals surface area (Å²) < 4.78 is 0. The van der Waals surface area contributed by atoms with E-state index in [0.717, 1.165) is 40.4 Å². The zero-order chi connectivity index (χ0) is 34.9. The summed E-state index contributed by atoms with van der Waals surface area (Å²) in [6, 6.07) is 7.46. The van der Waals surface area contributed by atoms with E-state index >= 15 is 0 Å². The van der Waals surface area contributed by atoms with E-state index in [4.69, 9.17) is 16.6 Å². The topological polar surface area (TPSA) is 243 Å². The Hall–Kier alpha value is -4.62. The van der Waals surface area contributed by atoms with Gasteiger partial charge in [0.15, 0.2) is 18.1 Å². The molecule has 2 aromatic rings. The summed E-state index contributed by atoms with van der Waals surface area (Å²) in [6.45, 7) is 10.5. The highest BCUT2D eigenvalue weighted by Crippen LogP contribution is 2.35. The van der Waals surface area contributed by atoms with Gasteiger partial charge in [0, 0.05) is 49.4 Å². The van der Waals surface area contributed by atoms with Crippen molar-refractivity contribution in [1.82, 2.24) is 4.90 Å². The Morgan fingerprint density at radius 2 is 1.22 bits per heavy atom. The number of carboxylic acid groups (broad SMARTS) is 2. The lowest BCUT2D eigenvalue weighted by molar-refractivity contribution is -0.457. The SMILES string of the molecule is CC([NH3+])(CCC(N)=O)C(=O)O.Cc1ccc(C)c(C=O)c1C=O.Cc1ccc(C)c2c1CN(C(C)(CCC(N)=O)C(=O)O)C2=O.[Cl-]. The Morgan fingerprint density at radius 1 is 0.804 bits per heavy atom. The van der Waals surface area contributed by atoms with Gasteiger partial charge in [0.05, 0.1) is 0 Å². The van der Waals surface area contributed by atoms with Crippen molar-refractivity contribution in [3.05, 3.63) is 68.8 Å². The maximum absolute atomic E-state index is 12.7. The number of aldehydes is 2. The quantitative estimate of drug-likeness (QED) is 0.178. The minimum absolute atomic E-state index is 0. The smallest absolute Gasteiger partial charge is 0.365 e.